The van der Waals surface area contributed by atoms with Gasteiger partial charge in [0, 0.05) is 25.6 Å². The molecule has 0 saturated carbocycles. The number of amides is 2. The Morgan fingerprint density at radius 1 is 1.27 bits per heavy atom. The average Bonchev–Trinajstić information content (AvgIpc) is 2.49. The molecule has 1 saturated heterocycles. The molecule has 1 aliphatic heterocycles. The highest BCUT2D eigenvalue weighted by molar-refractivity contribution is 5.77. The molecular formula is C17H25N3O2. The van der Waals surface area contributed by atoms with Crippen molar-refractivity contribution < 1.29 is 9.59 Å². The summed E-state index contributed by atoms with van der Waals surface area (Å²) in [7, 11) is 0. The van der Waals surface area contributed by atoms with Crippen LogP contribution in [0.15, 0.2) is 30.3 Å². The second-order valence-electron chi connectivity index (χ2n) is 6.10. The summed E-state index contributed by atoms with van der Waals surface area (Å²) in [6, 6.07) is 10.3. The number of benzene rings is 1. The number of hydrogen-bond acceptors (Lipinski definition) is 3. The first-order valence-electron chi connectivity index (χ1n) is 7.89. The maximum absolute atomic E-state index is 12.2. The third-order valence-electron chi connectivity index (χ3n) is 4.19. The molecule has 2 amide bonds. The Kier molecular flexibility index (Phi) is 5.95. The Balaban J connectivity index is 1.73. The normalized spacial score (nSPS) is 17.9. The fraction of sp³-hybridized carbons (Fsp3) is 0.529. The van der Waals surface area contributed by atoms with E-state index in [1.165, 1.54) is 5.56 Å². The highest BCUT2D eigenvalue weighted by Crippen LogP contribution is 2.19. The zero-order chi connectivity index (χ0) is 15.9. The number of nitrogens with zero attached hydrogens (tertiary/aromatic N) is 1. The minimum atomic E-state index is -0.292. The third kappa shape index (κ3) is 5.15. The number of primary amides is 1. The topological polar surface area (TPSA) is 75.4 Å². The average molecular weight is 303 g/mol. The fourth-order valence-corrected chi connectivity index (χ4v) is 2.92. The predicted octanol–water partition coefficient (Wildman–Crippen LogP) is 1.25. The van der Waals surface area contributed by atoms with Gasteiger partial charge in [-0.05, 0) is 24.3 Å². The zero-order valence-electron chi connectivity index (χ0n) is 13.1. The molecule has 1 aliphatic rings. The summed E-state index contributed by atoms with van der Waals surface area (Å²) in [5, 5.41) is 3.11. The second kappa shape index (κ2) is 7.94. The van der Waals surface area contributed by atoms with E-state index in [1.54, 1.807) is 0 Å². The molecule has 5 heteroatoms. The van der Waals surface area contributed by atoms with Crippen molar-refractivity contribution in [2.45, 2.75) is 38.1 Å². The molecule has 0 radical (unpaired) electrons. The molecule has 0 aromatic heterocycles. The van der Waals surface area contributed by atoms with Crippen molar-refractivity contribution in [1.82, 2.24) is 10.2 Å². The van der Waals surface area contributed by atoms with Gasteiger partial charge < -0.3 is 11.1 Å². The van der Waals surface area contributed by atoms with Gasteiger partial charge in [-0.25, -0.2) is 0 Å². The van der Waals surface area contributed by atoms with Gasteiger partial charge in [-0.2, -0.15) is 0 Å². The first-order chi connectivity index (χ1) is 10.5. The standard InChI is InChI=1S/C17H25N3O2/c1-13(14-5-3-2-4-6-14)11-17(22)19-15-7-9-20(10-8-15)12-16(18)21/h2-6,13,15H,7-12H2,1H3,(H2,18,21)(H,19,22). The fourth-order valence-electron chi connectivity index (χ4n) is 2.92. The lowest BCUT2D eigenvalue weighted by molar-refractivity contribution is -0.123. The molecule has 22 heavy (non-hydrogen) atoms. The number of carbonyl (C=O) groups excluding carboxylic acids is 2. The van der Waals surface area contributed by atoms with Crippen LogP contribution in [0.5, 0.6) is 0 Å². The molecular weight excluding hydrogens is 278 g/mol. The van der Waals surface area contributed by atoms with Crippen molar-refractivity contribution in [3.8, 4) is 0 Å². The van der Waals surface area contributed by atoms with Crippen LogP contribution >= 0.6 is 0 Å². The highest BCUT2D eigenvalue weighted by atomic mass is 16.2. The molecule has 1 heterocycles. The van der Waals surface area contributed by atoms with E-state index in [2.05, 4.69) is 24.4 Å². The maximum Gasteiger partial charge on any atom is 0.231 e. The smallest absolute Gasteiger partial charge is 0.231 e. The molecule has 0 spiro atoms. The molecule has 1 fully saturated rings. The van der Waals surface area contributed by atoms with Gasteiger partial charge in [0.15, 0.2) is 0 Å². The summed E-state index contributed by atoms with van der Waals surface area (Å²) in [6.45, 7) is 4.00. The van der Waals surface area contributed by atoms with E-state index >= 15 is 0 Å². The highest BCUT2D eigenvalue weighted by Gasteiger charge is 2.22. The summed E-state index contributed by atoms with van der Waals surface area (Å²) in [5.74, 6) is 0.0278. The SMILES string of the molecule is CC(CC(=O)NC1CCN(CC(N)=O)CC1)c1ccccc1. The summed E-state index contributed by atoms with van der Waals surface area (Å²) in [5.41, 5.74) is 6.39. The Labute approximate surface area is 131 Å². The summed E-state index contributed by atoms with van der Waals surface area (Å²) >= 11 is 0. The first kappa shape index (κ1) is 16.5. The number of rotatable bonds is 6. The molecule has 0 bridgehead atoms. The van der Waals surface area contributed by atoms with Crippen LogP contribution in [-0.4, -0.2) is 42.4 Å². The van der Waals surface area contributed by atoms with Crippen molar-refractivity contribution in [3.05, 3.63) is 35.9 Å². The molecule has 2 rings (SSSR count). The van der Waals surface area contributed by atoms with Crippen LogP contribution in [0.4, 0.5) is 0 Å². The number of hydrogen-bond donors (Lipinski definition) is 2. The van der Waals surface area contributed by atoms with Crippen LogP contribution < -0.4 is 11.1 Å². The van der Waals surface area contributed by atoms with Gasteiger partial charge in [0.25, 0.3) is 0 Å². The number of carbonyl (C=O) groups is 2. The van der Waals surface area contributed by atoms with E-state index < -0.39 is 0 Å². The van der Waals surface area contributed by atoms with Crippen LogP contribution in [0.2, 0.25) is 0 Å². The van der Waals surface area contributed by atoms with Crippen molar-refractivity contribution in [1.29, 1.82) is 0 Å². The quantitative estimate of drug-likeness (QED) is 0.830. The largest absolute Gasteiger partial charge is 0.369 e. The van der Waals surface area contributed by atoms with E-state index in [0.717, 1.165) is 25.9 Å². The lowest BCUT2D eigenvalue weighted by Crippen LogP contribution is -2.46. The summed E-state index contributed by atoms with van der Waals surface area (Å²) in [4.78, 5) is 25.1. The Morgan fingerprint density at radius 2 is 1.91 bits per heavy atom. The van der Waals surface area contributed by atoms with Crippen LogP contribution in [0.3, 0.4) is 0 Å². The van der Waals surface area contributed by atoms with Crippen molar-refractivity contribution in [2.24, 2.45) is 5.73 Å². The van der Waals surface area contributed by atoms with E-state index in [9.17, 15) is 9.59 Å². The molecule has 1 unspecified atom stereocenters. The maximum atomic E-state index is 12.2. The van der Waals surface area contributed by atoms with Gasteiger partial charge in [0.2, 0.25) is 11.8 Å². The van der Waals surface area contributed by atoms with E-state index in [1.807, 2.05) is 23.1 Å². The van der Waals surface area contributed by atoms with Gasteiger partial charge in [0.1, 0.15) is 0 Å². The zero-order valence-corrected chi connectivity index (χ0v) is 13.1. The summed E-state index contributed by atoms with van der Waals surface area (Å²) in [6.07, 6.45) is 2.25. The van der Waals surface area contributed by atoms with Crippen LogP contribution in [0.25, 0.3) is 0 Å². The second-order valence-corrected chi connectivity index (χ2v) is 6.10. The van der Waals surface area contributed by atoms with Crippen molar-refractivity contribution >= 4 is 11.8 Å². The van der Waals surface area contributed by atoms with E-state index in [0.29, 0.717) is 13.0 Å². The Bertz CT molecular complexity index is 496. The van der Waals surface area contributed by atoms with Crippen LogP contribution in [0.1, 0.15) is 37.7 Å². The third-order valence-corrected chi connectivity index (χ3v) is 4.19. The molecule has 5 nitrogen and oxygen atoms in total. The molecule has 120 valence electrons. The first-order valence-corrected chi connectivity index (χ1v) is 7.89. The number of likely N-dealkylation sites (tertiary alicyclic amines) is 1. The Hall–Kier alpha value is -1.88. The van der Waals surface area contributed by atoms with Crippen LogP contribution in [-0.2, 0) is 9.59 Å². The van der Waals surface area contributed by atoms with Gasteiger partial charge in [0.05, 0.1) is 6.54 Å². The predicted molar refractivity (Wildman–Crippen MR) is 86.3 cm³/mol. The summed E-state index contributed by atoms with van der Waals surface area (Å²) < 4.78 is 0. The molecule has 0 aliphatic carbocycles. The van der Waals surface area contributed by atoms with Gasteiger partial charge >= 0.3 is 0 Å². The molecule has 1 atom stereocenters. The van der Waals surface area contributed by atoms with E-state index in [4.69, 9.17) is 5.73 Å². The van der Waals surface area contributed by atoms with Crippen molar-refractivity contribution in [3.63, 3.8) is 0 Å². The van der Waals surface area contributed by atoms with Gasteiger partial charge in [-0.3, -0.25) is 14.5 Å². The monoisotopic (exact) mass is 303 g/mol. The van der Waals surface area contributed by atoms with E-state index in [-0.39, 0.29) is 23.8 Å². The van der Waals surface area contributed by atoms with Gasteiger partial charge in [-0.1, -0.05) is 37.3 Å². The lowest BCUT2D eigenvalue weighted by atomic mass is 9.97. The molecule has 3 N–H and O–H groups in total. The van der Waals surface area contributed by atoms with Crippen molar-refractivity contribution in [2.75, 3.05) is 19.6 Å². The Morgan fingerprint density at radius 3 is 2.50 bits per heavy atom. The molecule has 1 aromatic rings. The van der Waals surface area contributed by atoms with Gasteiger partial charge in [-0.15, -0.1) is 0 Å². The number of nitrogens with one attached hydrogen (secondary N) is 1. The number of nitrogens with two attached hydrogens (primary N) is 1. The number of piperidine rings is 1. The molecule has 1 aromatic carbocycles. The minimum Gasteiger partial charge on any atom is -0.369 e. The minimum absolute atomic E-state index is 0.102. The van der Waals surface area contributed by atoms with Crippen LogP contribution in [0, 0.1) is 0 Å². The lowest BCUT2D eigenvalue weighted by Gasteiger charge is -2.31.